The molecule has 10 aromatic rings. The number of anilines is 3. The normalized spacial score (nSPS) is 11.2. The molecule has 10 rings (SSSR count). The van der Waals surface area contributed by atoms with Gasteiger partial charge in [-0.05, 0) is 87.5 Å². The van der Waals surface area contributed by atoms with Crippen molar-refractivity contribution in [1.29, 1.82) is 0 Å². The number of fused-ring (bicyclic) bond motifs is 3. The first-order valence-electron chi connectivity index (χ1n) is 19.2. The van der Waals surface area contributed by atoms with Gasteiger partial charge < -0.3 is 9.47 Å². The fourth-order valence-corrected chi connectivity index (χ4v) is 8.15. The third-order valence-electron chi connectivity index (χ3n) is 10.8. The molecule has 9 aromatic carbocycles. The van der Waals surface area contributed by atoms with Crippen LogP contribution in [0.4, 0.5) is 17.1 Å². The highest BCUT2D eigenvalue weighted by molar-refractivity contribution is 6.17. The van der Waals surface area contributed by atoms with Crippen LogP contribution in [0.1, 0.15) is 0 Å². The van der Waals surface area contributed by atoms with Crippen LogP contribution in [0, 0.1) is 0 Å². The Hall–Kier alpha value is -7.42. The van der Waals surface area contributed by atoms with Crippen molar-refractivity contribution in [3.8, 4) is 50.2 Å². The zero-order valence-electron chi connectivity index (χ0n) is 30.8. The van der Waals surface area contributed by atoms with Gasteiger partial charge in [-0.15, -0.1) is 0 Å². The summed E-state index contributed by atoms with van der Waals surface area (Å²) in [5.74, 6) is 0. The smallest absolute Gasteiger partial charge is 0.0562 e. The van der Waals surface area contributed by atoms with E-state index in [-0.39, 0.29) is 0 Å². The Kier molecular flexibility index (Phi) is 8.55. The molecule has 0 bridgehead atoms. The topological polar surface area (TPSA) is 8.17 Å². The summed E-state index contributed by atoms with van der Waals surface area (Å²) in [4.78, 5) is 2.45. The van der Waals surface area contributed by atoms with E-state index in [0.29, 0.717) is 0 Å². The van der Waals surface area contributed by atoms with E-state index in [9.17, 15) is 0 Å². The van der Waals surface area contributed by atoms with Gasteiger partial charge in [-0.3, -0.25) is 0 Å². The second-order valence-corrected chi connectivity index (χ2v) is 14.1. The maximum Gasteiger partial charge on any atom is 0.0562 e. The van der Waals surface area contributed by atoms with Gasteiger partial charge in [0.2, 0.25) is 0 Å². The van der Waals surface area contributed by atoms with E-state index >= 15 is 0 Å². The first-order chi connectivity index (χ1) is 27.8. The summed E-state index contributed by atoms with van der Waals surface area (Å²) >= 11 is 0. The van der Waals surface area contributed by atoms with Crippen LogP contribution < -0.4 is 4.90 Å². The molecule has 0 amide bonds. The lowest BCUT2D eigenvalue weighted by atomic mass is 10.00. The third-order valence-corrected chi connectivity index (χ3v) is 10.8. The number of hydrogen-bond donors (Lipinski definition) is 0. The van der Waals surface area contributed by atoms with Gasteiger partial charge in [-0.2, -0.15) is 0 Å². The van der Waals surface area contributed by atoms with Gasteiger partial charge in [-0.25, -0.2) is 0 Å². The van der Waals surface area contributed by atoms with E-state index in [1.54, 1.807) is 0 Å². The van der Waals surface area contributed by atoms with Crippen molar-refractivity contribution in [3.05, 3.63) is 231 Å². The van der Waals surface area contributed by atoms with Gasteiger partial charge in [0.25, 0.3) is 0 Å². The van der Waals surface area contributed by atoms with Gasteiger partial charge in [0, 0.05) is 27.7 Å². The monoisotopic (exact) mass is 714 g/mol. The predicted octanol–water partition coefficient (Wildman–Crippen LogP) is 14.9. The molecule has 2 nitrogen and oxygen atoms in total. The number of benzene rings is 9. The van der Waals surface area contributed by atoms with Gasteiger partial charge >= 0.3 is 0 Å². The summed E-state index contributed by atoms with van der Waals surface area (Å²) in [6.45, 7) is 0. The minimum Gasteiger partial charge on any atom is -0.309 e. The number of para-hydroxylation sites is 2. The van der Waals surface area contributed by atoms with E-state index in [0.717, 1.165) is 28.3 Å². The highest BCUT2D eigenvalue weighted by Gasteiger charge is 2.23. The van der Waals surface area contributed by atoms with Crippen LogP contribution in [0.15, 0.2) is 231 Å². The van der Waals surface area contributed by atoms with E-state index in [4.69, 9.17) is 0 Å². The predicted molar refractivity (Wildman–Crippen MR) is 237 cm³/mol. The molecule has 0 saturated carbocycles. The molecule has 0 aliphatic heterocycles. The molecule has 0 atom stereocenters. The molecule has 0 spiro atoms. The SMILES string of the molecule is c1ccc(-c2ccc(-c3ccc(-n4c5ccccc5c5c(N(c6cccc(-c7ccccc7)c6)c6ccccc6-c6ccccc6)cccc54)cc3)cc2)cc1. The molecule has 0 aliphatic carbocycles. The molecule has 0 N–H and O–H groups in total. The zero-order chi connectivity index (χ0) is 37.3. The van der Waals surface area contributed by atoms with E-state index < -0.39 is 0 Å². The lowest BCUT2D eigenvalue weighted by Crippen LogP contribution is -2.12. The lowest BCUT2D eigenvalue weighted by Gasteiger charge is -2.29. The average molecular weight is 715 g/mol. The van der Waals surface area contributed by atoms with E-state index in [1.165, 1.54) is 60.8 Å². The van der Waals surface area contributed by atoms with Crippen LogP contribution in [-0.2, 0) is 0 Å². The largest absolute Gasteiger partial charge is 0.309 e. The molecule has 264 valence electrons. The summed E-state index contributed by atoms with van der Waals surface area (Å²) in [5.41, 5.74) is 16.4. The molecule has 56 heavy (non-hydrogen) atoms. The van der Waals surface area contributed by atoms with Crippen molar-refractivity contribution in [1.82, 2.24) is 4.57 Å². The van der Waals surface area contributed by atoms with Gasteiger partial charge in [0.05, 0.1) is 22.4 Å². The summed E-state index contributed by atoms with van der Waals surface area (Å²) in [6.07, 6.45) is 0. The van der Waals surface area contributed by atoms with Crippen molar-refractivity contribution < 1.29 is 0 Å². The number of aromatic nitrogens is 1. The lowest BCUT2D eigenvalue weighted by molar-refractivity contribution is 1.18. The molecule has 1 aromatic heterocycles. The maximum absolute atomic E-state index is 2.45. The Morgan fingerprint density at radius 1 is 0.304 bits per heavy atom. The second-order valence-electron chi connectivity index (χ2n) is 14.1. The van der Waals surface area contributed by atoms with E-state index in [1.807, 2.05) is 0 Å². The molecular weight excluding hydrogens is 677 g/mol. The molecule has 0 saturated heterocycles. The Labute approximate surface area is 327 Å². The molecule has 0 aliphatic rings. The van der Waals surface area contributed by atoms with Crippen molar-refractivity contribution in [3.63, 3.8) is 0 Å². The highest BCUT2D eigenvalue weighted by atomic mass is 15.2. The molecular formula is C54H38N2. The fourth-order valence-electron chi connectivity index (χ4n) is 8.15. The summed E-state index contributed by atoms with van der Waals surface area (Å²) in [5, 5.41) is 2.41. The average Bonchev–Trinajstić information content (AvgIpc) is 3.63. The fraction of sp³-hybridized carbons (Fsp3) is 0. The highest BCUT2D eigenvalue weighted by Crippen LogP contribution is 2.47. The first-order valence-corrected chi connectivity index (χ1v) is 19.2. The maximum atomic E-state index is 2.45. The van der Waals surface area contributed by atoms with Gasteiger partial charge in [0.15, 0.2) is 0 Å². The number of nitrogens with zero attached hydrogens (tertiary/aromatic N) is 2. The standard InChI is InChI=1S/C54H38N2/c1-4-16-39(17-5-1)41-30-32-42(33-31-41)43-34-36-46(37-35-43)55-51-27-13-11-25-49(51)54-52(55)28-15-29-53(54)56(47-23-14-22-45(38-47)40-18-6-2-7-19-40)50-26-12-10-24-48(50)44-20-8-3-9-21-44/h1-38H. The first kappa shape index (κ1) is 33.2. The van der Waals surface area contributed by atoms with Crippen molar-refractivity contribution in [2.24, 2.45) is 0 Å². The quantitative estimate of drug-likeness (QED) is 0.152. The Bertz CT molecular complexity index is 2930. The minimum absolute atomic E-state index is 1.10. The van der Waals surface area contributed by atoms with Crippen molar-refractivity contribution >= 4 is 38.9 Å². The van der Waals surface area contributed by atoms with E-state index in [2.05, 4.69) is 240 Å². The molecule has 0 unspecified atom stereocenters. The van der Waals surface area contributed by atoms with Crippen LogP contribution in [0.3, 0.4) is 0 Å². The Morgan fingerprint density at radius 2 is 0.768 bits per heavy atom. The zero-order valence-corrected chi connectivity index (χ0v) is 30.8. The van der Waals surface area contributed by atoms with Crippen LogP contribution in [0.5, 0.6) is 0 Å². The molecule has 0 radical (unpaired) electrons. The summed E-state index contributed by atoms with van der Waals surface area (Å²) in [7, 11) is 0. The summed E-state index contributed by atoms with van der Waals surface area (Å²) in [6, 6.07) is 83.0. The summed E-state index contributed by atoms with van der Waals surface area (Å²) < 4.78 is 2.41. The van der Waals surface area contributed by atoms with Crippen molar-refractivity contribution in [2.75, 3.05) is 4.90 Å². The Morgan fingerprint density at radius 3 is 1.45 bits per heavy atom. The van der Waals surface area contributed by atoms with Crippen LogP contribution in [0.25, 0.3) is 72.0 Å². The molecule has 0 fully saturated rings. The van der Waals surface area contributed by atoms with Crippen LogP contribution in [0.2, 0.25) is 0 Å². The van der Waals surface area contributed by atoms with Gasteiger partial charge in [-0.1, -0.05) is 182 Å². The van der Waals surface area contributed by atoms with Crippen LogP contribution in [-0.4, -0.2) is 4.57 Å². The number of rotatable bonds is 8. The minimum atomic E-state index is 1.10. The number of hydrogen-bond acceptors (Lipinski definition) is 1. The molecule has 2 heteroatoms. The molecule has 1 heterocycles. The van der Waals surface area contributed by atoms with Crippen LogP contribution >= 0.6 is 0 Å². The van der Waals surface area contributed by atoms with Gasteiger partial charge in [0.1, 0.15) is 0 Å². The Balaban J connectivity index is 1.14. The van der Waals surface area contributed by atoms with Crippen molar-refractivity contribution in [2.45, 2.75) is 0 Å². The third kappa shape index (κ3) is 6.04. The second kappa shape index (κ2) is 14.4.